The minimum absolute atomic E-state index is 0.0892. The molecule has 0 N–H and O–H groups in total. The topological polar surface area (TPSA) is 30.7 Å². The lowest BCUT2D eigenvalue weighted by atomic mass is 9.95. The molecule has 1 aliphatic carbocycles. The molecule has 0 amide bonds. The van der Waals surface area contributed by atoms with E-state index in [1.165, 1.54) is 32.7 Å². The zero-order valence-electron chi connectivity index (χ0n) is 22.5. The number of benzene rings is 5. The van der Waals surface area contributed by atoms with Gasteiger partial charge in [-0.25, -0.2) is 9.97 Å². The molecule has 0 fully saturated rings. The fraction of sp³-hybridized carbons (Fsp3) is 0.0811. The van der Waals surface area contributed by atoms with E-state index in [4.69, 9.17) is 9.97 Å². The molecule has 0 aliphatic heterocycles. The smallest absolute Gasteiger partial charge is 0.235 e. The van der Waals surface area contributed by atoms with Crippen LogP contribution >= 0.6 is 0 Å². The normalized spacial score (nSPS) is 13.8. The number of aromatic nitrogens is 3. The molecule has 0 saturated heterocycles. The van der Waals surface area contributed by atoms with Crippen LogP contribution in [0.25, 0.3) is 73.1 Å². The predicted molar refractivity (Wildman–Crippen MR) is 167 cm³/mol. The average molecular weight is 514 g/mol. The Hall–Kier alpha value is -5.02. The molecule has 0 saturated carbocycles. The highest BCUT2D eigenvalue weighted by atomic mass is 15.2. The highest BCUT2D eigenvalue weighted by Crippen LogP contribution is 2.33. The van der Waals surface area contributed by atoms with E-state index in [1.54, 1.807) is 0 Å². The molecule has 7 aromatic rings. The van der Waals surface area contributed by atoms with Crippen molar-refractivity contribution >= 4 is 44.7 Å². The molecule has 0 spiro atoms. The van der Waals surface area contributed by atoms with Gasteiger partial charge in [0.2, 0.25) is 5.95 Å². The second-order valence-corrected chi connectivity index (χ2v) is 11.3. The van der Waals surface area contributed by atoms with Crippen molar-refractivity contribution in [3.8, 4) is 28.3 Å². The summed E-state index contributed by atoms with van der Waals surface area (Å²) >= 11 is 0. The molecular formula is C37H27N3. The third kappa shape index (κ3) is 3.51. The van der Waals surface area contributed by atoms with Crippen LogP contribution in [0, 0.1) is 5.41 Å². The molecule has 0 bridgehead atoms. The number of nitrogens with zero attached hydrogens (tertiary/aromatic N) is 3. The van der Waals surface area contributed by atoms with Crippen molar-refractivity contribution in [2.45, 2.75) is 13.8 Å². The zero-order chi connectivity index (χ0) is 26.8. The first-order chi connectivity index (χ1) is 19.6. The molecule has 2 aromatic heterocycles. The fourth-order valence-electron chi connectivity index (χ4n) is 6.24. The summed E-state index contributed by atoms with van der Waals surface area (Å²) in [7, 11) is 0. The summed E-state index contributed by atoms with van der Waals surface area (Å²) < 4.78 is 2.21. The van der Waals surface area contributed by atoms with Gasteiger partial charge >= 0.3 is 0 Å². The summed E-state index contributed by atoms with van der Waals surface area (Å²) in [5.41, 5.74) is 6.63. The van der Waals surface area contributed by atoms with Gasteiger partial charge in [-0.3, -0.25) is 4.57 Å². The van der Waals surface area contributed by atoms with Crippen molar-refractivity contribution in [3.05, 3.63) is 126 Å². The second kappa shape index (κ2) is 8.49. The first-order valence-corrected chi connectivity index (χ1v) is 13.8. The van der Waals surface area contributed by atoms with E-state index in [1.807, 2.05) is 0 Å². The third-order valence-electron chi connectivity index (χ3n) is 8.03. The van der Waals surface area contributed by atoms with Crippen LogP contribution in [0.2, 0.25) is 0 Å². The van der Waals surface area contributed by atoms with E-state index in [2.05, 4.69) is 146 Å². The van der Waals surface area contributed by atoms with Gasteiger partial charge in [0.1, 0.15) is 0 Å². The van der Waals surface area contributed by atoms with E-state index in [-0.39, 0.29) is 5.41 Å². The lowest BCUT2D eigenvalue weighted by molar-refractivity contribution is 0.723. The van der Waals surface area contributed by atoms with Crippen LogP contribution in [0.15, 0.2) is 115 Å². The second-order valence-electron chi connectivity index (χ2n) is 11.3. The fourth-order valence-corrected chi connectivity index (χ4v) is 6.24. The van der Waals surface area contributed by atoms with E-state index >= 15 is 0 Å². The summed E-state index contributed by atoms with van der Waals surface area (Å²) in [6, 6.07) is 40.9. The summed E-state index contributed by atoms with van der Waals surface area (Å²) in [5.74, 6) is 0.701. The van der Waals surface area contributed by atoms with Gasteiger partial charge in [0.15, 0.2) is 0 Å². The van der Waals surface area contributed by atoms with Gasteiger partial charge in [-0.15, -0.1) is 0 Å². The first-order valence-electron chi connectivity index (χ1n) is 13.8. The molecular weight excluding hydrogens is 486 g/mol. The van der Waals surface area contributed by atoms with E-state index in [0.29, 0.717) is 5.95 Å². The van der Waals surface area contributed by atoms with Crippen molar-refractivity contribution in [1.29, 1.82) is 0 Å². The minimum Gasteiger partial charge on any atom is -0.278 e. The van der Waals surface area contributed by atoms with E-state index < -0.39 is 0 Å². The lowest BCUT2D eigenvalue weighted by Crippen LogP contribution is -2.30. The molecule has 3 heteroatoms. The first kappa shape index (κ1) is 22.9. The van der Waals surface area contributed by atoms with Crippen LogP contribution in [-0.2, 0) is 0 Å². The molecule has 0 unspecified atom stereocenters. The molecule has 1 aliphatic rings. The molecule has 190 valence electrons. The number of para-hydroxylation sites is 2. The number of hydrogen-bond acceptors (Lipinski definition) is 2. The van der Waals surface area contributed by atoms with Gasteiger partial charge in [-0.05, 0) is 40.1 Å². The number of hydrogen-bond donors (Lipinski definition) is 0. The highest BCUT2D eigenvalue weighted by Gasteiger charge is 2.22. The van der Waals surface area contributed by atoms with Gasteiger partial charge < -0.3 is 0 Å². The number of fused-ring (bicyclic) bond motifs is 5. The molecule has 0 radical (unpaired) electrons. The number of rotatable bonds is 3. The minimum atomic E-state index is -0.0892. The SMILES string of the molecule is CC1(C)C=c2nc(-n3c4ccccc4c4ccccc43)nc(-c3ccc(-c4cccc5ccccc45)cc3)c2=C1. The van der Waals surface area contributed by atoms with E-state index in [0.717, 1.165) is 32.9 Å². The van der Waals surface area contributed by atoms with Gasteiger partial charge in [0.25, 0.3) is 0 Å². The van der Waals surface area contributed by atoms with Gasteiger partial charge in [0.05, 0.1) is 22.1 Å². The summed E-state index contributed by atoms with van der Waals surface area (Å²) in [5, 5.41) is 7.02. The standard InChI is InChI=1S/C37H27N3/c1-37(2)22-31-32(23-37)38-36(40-33-16-7-5-13-29(33)30-14-6-8-17-34(30)40)39-35(31)26-20-18-25(19-21-26)28-15-9-11-24-10-3-4-12-27(24)28/h3-23H,1-2H3. The van der Waals surface area contributed by atoms with Crippen molar-refractivity contribution in [2.75, 3.05) is 0 Å². The predicted octanol–water partition coefficient (Wildman–Crippen LogP) is 7.66. The third-order valence-corrected chi connectivity index (χ3v) is 8.03. The molecule has 2 heterocycles. The maximum Gasteiger partial charge on any atom is 0.235 e. The average Bonchev–Trinajstić information content (AvgIpc) is 3.49. The van der Waals surface area contributed by atoms with Gasteiger partial charge in [-0.2, -0.15) is 0 Å². The monoisotopic (exact) mass is 513 g/mol. The van der Waals surface area contributed by atoms with Gasteiger partial charge in [0, 0.05) is 27.0 Å². The van der Waals surface area contributed by atoms with Crippen molar-refractivity contribution < 1.29 is 0 Å². The Morgan fingerprint density at radius 1 is 0.550 bits per heavy atom. The molecule has 3 nitrogen and oxygen atoms in total. The Balaban J connectivity index is 1.35. The van der Waals surface area contributed by atoms with Crippen LogP contribution < -0.4 is 10.6 Å². The maximum absolute atomic E-state index is 5.28. The molecule has 5 aromatic carbocycles. The molecule has 0 atom stereocenters. The van der Waals surface area contributed by atoms with Crippen LogP contribution in [0.1, 0.15) is 13.8 Å². The lowest BCUT2D eigenvalue weighted by Gasteiger charge is -2.11. The van der Waals surface area contributed by atoms with Gasteiger partial charge in [-0.1, -0.05) is 123 Å². The Morgan fingerprint density at radius 2 is 1.15 bits per heavy atom. The summed E-state index contributed by atoms with van der Waals surface area (Å²) in [6.07, 6.45) is 4.56. The molecule has 40 heavy (non-hydrogen) atoms. The molecule has 8 rings (SSSR count). The van der Waals surface area contributed by atoms with Crippen LogP contribution in [0.3, 0.4) is 0 Å². The Kier molecular flexibility index (Phi) is 4.86. The van der Waals surface area contributed by atoms with Crippen LogP contribution in [0.5, 0.6) is 0 Å². The largest absolute Gasteiger partial charge is 0.278 e. The highest BCUT2D eigenvalue weighted by molar-refractivity contribution is 6.09. The Labute approximate surface area is 232 Å². The van der Waals surface area contributed by atoms with Crippen molar-refractivity contribution in [3.63, 3.8) is 0 Å². The Bertz CT molecular complexity index is 2180. The summed E-state index contributed by atoms with van der Waals surface area (Å²) in [4.78, 5) is 10.4. The van der Waals surface area contributed by atoms with Crippen molar-refractivity contribution in [2.24, 2.45) is 5.41 Å². The van der Waals surface area contributed by atoms with Crippen LogP contribution in [0.4, 0.5) is 0 Å². The van der Waals surface area contributed by atoms with E-state index in [9.17, 15) is 0 Å². The van der Waals surface area contributed by atoms with Crippen molar-refractivity contribution in [1.82, 2.24) is 14.5 Å². The zero-order valence-corrected chi connectivity index (χ0v) is 22.5. The summed E-state index contributed by atoms with van der Waals surface area (Å²) in [6.45, 7) is 4.45. The maximum atomic E-state index is 5.28. The van der Waals surface area contributed by atoms with Crippen LogP contribution in [-0.4, -0.2) is 14.5 Å². The quantitative estimate of drug-likeness (QED) is 0.243. The Morgan fingerprint density at radius 3 is 1.88 bits per heavy atom.